The smallest absolute Gasteiger partial charge is 0.338 e. The summed E-state index contributed by atoms with van der Waals surface area (Å²) in [6, 6.07) is 0. The molecule has 0 radical (unpaired) electrons. The minimum atomic E-state index is -1.66. The van der Waals surface area contributed by atoms with Gasteiger partial charge in [-0.3, -0.25) is 0 Å². The molecule has 140 valence electrons. The zero-order valence-electron chi connectivity index (χ0n) is 15.6. The van der Waals surface area contributed by atoms with Crippen molar-refractivity contribution in [3.63, 3.8) is 0 Å². The topological polar surface area (TPSA) is 76.1 Å². The molecule has 6 heteroatoms. The molecule has 0 aromatic heterocycles. The van der Waals surface area contributed by atoms with Crippen LogP contribution in [0.2, 0.25) is 0 Å². The fraction of sp³-hybridized carbons (Fsp3) is 0.684. The van der Waals surface area contributed by atoms with Crippen LogP contribution >= 0.6 is 0 Å². The average Bonchev–Trinajstić information content (AvgIpc) is 2.56. The van der Waals surface area contributed by atoms with E-state index in [1.54, 1.807) is 19.9 Å². The molecule has 3 unspecified atom stereocenters. The standard InChI is InChI=1S/C19H29NO5/c1-5-15-10-13(2)19(3,23)18(22)24-12-14-6-8-20(4)9-7-16(11-14)25-17(15)21/h5-6,13,16,23H,7-12H2,1-4H3. The zero-order valence-corrected chi connectivity index (χ0v) is 15.6. The van der Waals surface area contributed by atoms with E-state index in [-0.39, 0.29) is 25.1 Å². The van der Waals surface area contributed by atoms with Crippen LogP contribution in [-0.4, -0.2) is 60.4 Å². The second kappa shape index (κ2) is 8.15. The third kappa shape index (κ3) is 4.92. The van der Waals surface area contributed by atoms with E-state index in [1.807, 2.05) is 13.1 Å². The van der Waals surface area contributed by atoms with Gasteiger partial charge < -0.3 is 19.5 Å². The highest BCUT2D eigenvalue weighted by Crippen LogP contribution is 2.28. The number of hydrogen-bond donors (Lipinski definition) is 1. The van der Waals surface area contributed by atoms with E-state index in [0.717, 1.165) is 25.1 Å². The van der Waals surface area contributed by atoms with Gasteiger partial charge in [-0.2, -0.15) is 0 Å². The molecular formula is C19H29NO5. The molecule has 2 bridgehead atoms. The van der Waals surface area contributed by atoms with Gasteiger partial charge in [-0.1, -0.05) is 19.1 Å². The van der Waals surface area contributed by atoms with Gasteiger partial charge >= 0.3 is 11.9 Å². The summed E-state index contributed by atoms with van der Waals surface area (Å²) in [6.07, 6.45) is 4.99. The molecule has 25 heavy (non-hydrogen) atoms. The van der Waals surface area contributed by atoms with Crippen molar-refractivity contribution in [2.24, 2.45) is 5.92 Å². The molecule has 0 aromatic rings. The molecule has 0 spiro atoms. The quantitative estimate of drug-likeness (QED) is 0.408. The van der Waals surface area contributed by atoms with Gasteiger partial charge in [-0.15, -0.1) is 0 Å². The second-order valence-corrected chi connectivity index (χ2v) is 7.29. The minimum Gasteiger partial charge on any atom is -0.459 e. The molecule has 0 amide bonds. The van der Waals surface area contributed by atoms with E-state index in [0.29, 0.717) is 12.0 Å². The van der Waals surface area contributed by atoms with Crippen molar-refractivity contribution in [2.75, 3.05) is 26.7 Å². The lowest BCUT2D eigenvalue weighted by Crippen LogP contribution is -2.44. The fourth-order valence-corrected chi connectivity index (χ4v) is 3.02. The maximum atomic E-state index is 12.6. The Balaban J connectivity index is 2.33. The molecule has 2 aliphatic heterocycles. The number of esters is 2. The van der Waals surface area contributed by atoms with Crippen LogP contribution in [0.15, 0.2) is 23.3 Å². The lowest BCUT2D eigenvalue weighted by atomic mass is 9.85. The van der Waals surface area contributed by atoms with Crippen molar-refractivity contribution in [3.05, 3.63) is 23.3 Å². The third-order valence-electron chi connectivity index (χ3n) is 5.19. The Hall–Kier alpha value is -1.66. The maximum absolute atomic E-state index is 12.6. The number of hydrogen-bond acceptors (Lipinski definition) is 6. The van der Waals surface area contributed by atoms with Gasteiger partial charge in [0.25, 0.3) is 0 Å². The van der Waals surface area contributed by atoms with E-state index >= 15 is 0 Å². The van der Waals surface area contributed by atoms with Crippen molar-refractivity contribution in [1.29, 1.82) is 0 Å². The van der Waals surface area contributed by atoms with Crippen LogP contribution < -0.4 is 0 Å². The number of ether oxygens (including phenoxy) is 2. The Labute approximate surface area is 149 Å². The monoisotopic (exact) mass is 351 g/mol. The van der Waals surface area contributed by atoms with Gasteiger partial charge in [0.2, 0.25) is 0 Å². The average molecular weight is 351 g/mol. The molecule has 2 rings (SSSR count). The van der Waals surface area contributed by atoms with E-state index in [1.165, 1.54) is 6.92 Å². The molecule has 3 atom stereocenters. The summed E-state index contributed by atoms with van der Waals surface area (Å²) in [7, 11) is 2.00. The van der Waals surface area contributed by atoms with Crippen molar-refractivity contribution < 1.29 is 24.2 Å². The highest BCUT2D eigenvalue weighted by Gasteiger charge is 2.40. The molecule has 0 aromatic carbocycles. The van der Waals surface area contributed by atoms with Gasteiger partial charge in [0, 0.05) is 25.1 Å². The molecule has 0 aliphatic carbocycles. The predicted molar refractivity (Wildman–Crippen MR) is 93.8 cm³/mol. The van der Waals surface area contributed by atoms with Gasteiger partial charge in [0.15, 0.2) is 5.60 Å². The van der Waals surface area contributed by atoms with Crippen molar-refractivity contribution in [2.45, 2.75) is 51.7 Å². The van der Waals surface area contributed by atoms with E-state index < -0.39 is 17.5 Å². The number of likely N-dealkylation sites (N-methyl/N-ethyl adjacent to an activating group) is 1. The molecule has 6 nitrogen and oxygen atoms in total. The molecular weight excluding hydrogens is 322 g/mol. The molecule has 1 fully saturated rings. The first-order chi connectivity index (χ1) is 11.7. The van der Waals surface area contributed by atoms with Crippen LogP contribution in [0.4, 0.5) is 0 Å². The minimum absolute atomic E-state index is 0.111. The predicted octanol–water partition coefficient (Wildman–Crippen LogP) is 1.83. The number of aliphatic hydroxyl groups is 1. The van der Waals surface area contributed by atoms with E-state index in [2.05, 4.69) is 4.90 Å². The third-order valence-corrected chi connectivity index (χ3v) is 5.19. The Morgan fingerprint density at radius 1 is 1.36 bits per heavy atom. The fourth-order valence-electron chi connectivity index (χ4n) is 3.02. The number of nitrogens with zero attached hydrogens (tertiary/aromatic N) is 1. The first-order valence-corrected chi connectivity index (χ1v) is 8.86. The molecule has 2 aliphatic rings. The normalized spacial score (nSPS) is 34.8. The zero-order chi connectivity index (χ0) is 18.6. The van der Waals surface area contributed by atoms with Crippen LogP contribution in [0.25, 0.3) is 0 Å². The molecule has 0 saturated carbocycles. The Kier molecular flexibility index (Phi) is 6.41. The number of rotatable bonds is 0. The van der Waals surface area contributed by atoms with Gasteiger partial charge in [0.1, 0.15) is 12.7 Å². The summed E-state index contributed by atoms with van der Waals surface area (Å²) in [6.45, 7) is 6.63. The maximum Gasteiger partial charge on any atom is 0.338 e. The van der Waals surface area contributed by atoms with Crippen LogP contribution in [-0.2, 0) is 19.1 Å². The highest BCUT2D eigenvalue weighted by atomic mass is 16.6. The molecule has 1 N–H and O–H groups in total. The number of cyclic esters (lactones) is 1. The largest absolute Gasteiger partial charge is 0.459 e. The lowest BCUT2D eigenvalue weighted by Gasteiger charge is -2.31. The summed E-state index contributed by atoms with van der Waals surface area (Å²) in [5, 5.41) is 10.6. The van der Waals surface area contributed by atoms with E-state index in [4.69, 9.17) is 9.47 Å². The van der Waals surface area contributed by atoms with Crippen LogP contribution in [0.1, 0.15) is 40.0 Å². The number of fused-ring (bicyclic) bond motifs is 2. The van der Waals surface area contributed by atoms with Crippen molar-refractivity contribution >= 4 is 11.9 Å². The van der Waals surface area contributed by atoms with E-state index in [9.17, 15) is 14.7 Å². The SMILES string of the molecule is CC=C1CC(C)C(C)(O)C(=O)OCC2=CCN(C)CCC(C2)OC1=O. The summed E-state index contributed by atoms with van der Waals surface area (Å²) in [4.78, 5) is 27.1. The van der Waals surface area contributed by atoms with Crippen molar-refractivity contribution in [3.8, 4) is 0 Å². The van der Waals surface area contributed by atoms with Crippen LogP contribution in [0.3, 0.4) is 0 Å². The first kappa shape index (κ1) is 19.7. The number of carbonyl (C=O) groups is 2. The van der Waals surface area contributed by atoms with Gasteiger partial charge in [-0.05, 0) is 45.2 Å². The van der Waals surface area contributed by atoms with Crippen molar-refractivity contribution in [1.82, 2.24) is 4.90 Å². The highest BCUT2D eigenvalue weighted by molar-refractivity contribution is 5.89. The number of carbonyl (C=O) groups excluding carboxylic acids is 2. The molecule has 2 heterocycles. The summed E-state index contributed by atoms with van der Waals surface area (Å²) in [5.74, 6) is -1.49. The summed E-state index contributed by atoms with van der Waals surface area (Å²) in [5.41, 5.74) is -0.280. The first-order valence-electron chi connectivity index (χ1n) is 8.86. The second-order valence-electron chi connectivity index (χ2n) is 7.29. The lowest BCUT2D eigenvalue weighted by molar-refractivity contribution is -0.168. The van der Waals surface area contributed by atoms with Crippen LogP contribution in [0, 0.1) is 5.92 Å². The summed E-state index contributed by atoms with van der Waals surface area (Å²) >= 11 is 0. The van der Waals surface area contributed by atoms with Gasteiger partial charge in [0.05, 0.1) is 0 Å². The Morgan fingerprint density at radius 2 is 2.08 bits per heavy atom. The molecule has 1 saturated heterocycles. The van der Waals surface area contributed by atoms with Gasteiger partial charge in [-0.25, -0.2) is 9.59 Å². The Bertz CT molecular complexity index is 578. The summed E-state index contributed by atoms with van der Waals surface area (Å²) < 4.78 is 11.1. The Morgan fingerprint density at radius 3 is 2.76 bits per heavy atom. The number of allylic oxidation sites excluding steroid dienone is 1. The van der Waals surface area contributed by atoms with Crippen LogP contribution in [0.5, 0.6) is 0 Å².